The molecule has 2 atom stereocenters. The van der Waals surface area contributed by atoms with Crippen LogP contribution in [-0.2, 0) is 17.9 Å². The Morgan fingerprint density at radius 1 is 1.20 bits per heavy atom. The summed E-state index contributed by atoms with van der Waals surface area (Å²) >= 11 is 0. The normalized spacial score (nSPS) is 20.6. The van der Waals surface area contributed by atoms with Gasteiger partial charge in [-0.15, -0.1) is 0 Å². The number of hydrogen-bond acceptors (Lipinski definition) is 3. The Morgan fingerprint density at radius 2 is 1.96 bits per heavy atom. The summed E-state index contributed by atoms with van der Waals surface area (Å²) in [7, 11) is 0. The highest BCUT2D eigenvalue weighted by Gasteiger charge is 2.35. The van der Waals surface area contributed by atoms with Gasteiger partial charge in [0.05, 0.1) is 6.04 Å². The average Bonchev–Trinajstić information content (AvgIpc) is 2.95. The maximum Gasteiger partial charge on any atom is 0.234 e. The minimum absolute atomic E-state index is 0.157. The second kappa shape index (κ2) is 7.61. The van der Waals surface area contributed by atoms with E-state index in [2.05, 4.69) is 0 Å². The topological polar surface area (TPSA) is 55.6 Å². The molecule has 1 aliphatic heterocycles. The molecule has 2 N–H and O–H groups in total. The summed E-state index contributed by atoms with van der Waals surface area (Å²) in [6.07, 6.45) is -0.865. The van der Waals surface area contributed by atoms with Crippen molar-refractivity contribution in [3.8, 4) is 5.75 Å². The monoisotopic (exact) mass is 346 g/mol. The molecule has 1 fully saturated rings. The number of nitrogens with two attached hydrogens (primary N) is 1. The summed E-state index contributed by atoms with van der Waals surface area (Å²) < 4.78 is 32.3. The minimum Gasteiger partial charge on any atom is -0.489 e. The quantitative estimate of drug-likeness (QED) is 0.875. The van der Waals surface area contributed by atoms with Crippen LogP contribution in [0.5, 0.6) is 5.75 Å². The predicted octanol–water partition coefficient (Wildman–Crippen LogP) is 2.80. The number of carbonyl (C=O) groups is 1. The third-order valence-corrected chi connectivity index (χ3v) is 4.28. The molecule has 3 rings (SSSR count). The van der Waals surface area contributed by atoms with E-state index in [1.807, 2.05) is 12.1 Å². The zero-order valence-corrected chi connectivity index (χ0v) is 13.7. The van der Waals surface area contributed by atoms with Gasteiger partial charge in [-0.05, 0) is 35.4 Å². The molecule has 0 aromatic heterocycles. The molecular formula is C19H20F2N2O2. The van der Waals surface area contributed by atoms with Crippen LogP contribution < -0.4 is 10.5 Å². The van der Waals surface area contributed by atoms with Gasteiger partial charge in [-0.25, -0.2) is 8.78 Å². The van der Waals surface area contributed by atoms with Crippen molar-refractivity contribution in [3.63, 3.8) is 0 Å². The summed E-state index contributed by atoms with van der Waals surface area (Å²) in [6.45, 7) is 0.945. The lowest BCUT2D eigenvalue weighted by Gasteiger charge is -2.21. The number of primary amides is 1. The van der Waals surface area contributed by atoms with Crippen molar-refractivity contribution in [1.29, 1.82) is 0 Å². The van der Waals surface area contributed by atoms with E-state index in [0.29, 0.717) is 12.3 Å². The summed E-state index contributed by atoms with van der Waals surface area (Å²) in [5.74, 6) is -0.128. The van der Waals surface area contributed by atoms with E-state index >= 15 is 0 Å². The molecule has 6 heteroatoms. The second-order valence-electron chi connectivity index (χ2n) is 6.24. The van der Waals surface area contributed by atoms with Crippen molar-refractivity contribution in [2.45, 2.75) is 31.8 Å². The summed E-state index contributed by atoms with van der Waals surface area (Å²) in [4.78, 5) is 13.2. The number of nitrogens with zero attached hydrogens (tertiary/aromatic N) is 1. The third kappa shape index (κ3) is 4.54. The van der Waals surface area contributed by atoms with Gasteiger partial charge in [-0.3, -0.25) is 9.69 Å². The number of amides is 1. The van der Waals surface area contributed by atoms with E-state index in [4.69, 9.17) is 10.5 Å². The van der Waals surface area contributed by atoms with Crippen LogP contribution in [-0.4, -0.2) is 29.6 Å². The number of benzene rings is 2. The van der Waals surface area contributed by atoms with E-state index < -0.39 is 18.1 Å². The van der Waals surface area contributed by atoms with Gasteiger partial charge in [0.1, 0.15) is 24.3 Å². The first-order valence-electron chi connectivity index (χ1n) is 8.15. The molecule has 4 nitrogen and oxygen atoms in total. The largest absolute Gasteiger partial charge is 0.489 e. The van der Waals surface area contributed by atoms with Crippen LogP contribution in [0, 0.1) is 5.82 Å². The van der Waals surface area contributed by atoms with Gasteiger partial charge >= 0.3 is 0 Å². The molecule has 1 amide bonds. The fourth-order valence-electron chi connectivity index (χ4n) is 3.04. The molecule has 1 heterocycles. The Labute approximate surface area is 145 Å². The highest BCUT2D eigenvalue weighted by atomic mass is 19.1. The number of likely N-dealkylation sites (tertiary alicyclic amines) is 1. The van der Waals surface area contributed by atoms with Crippen LogP contribution in [0.1, 0.15) is 17.5 Å². The lowest BCUT2D eigenvalue weighted by atomic mass is 10.1. The average molecular weight is 346 g/mol. The van der Waals surface area contributed by atoms with Gasteiger partial charge in [-0.2, -0.15) is 0 Å². The van der Waals surface area contributed by atoms with Gasteiger partial charge in [0.15, 0.2) is 0 Å². The number of halogens is 2. The molecular weight excluding hydrogens is 326 g/mol. The first kappa shape index (κ1) is 17.4. The lowest BCUT2D eigenvalue weighted by Crippen LogP contribution is -2.39. The van der Waals surface area contributed by atoms with E-state index in [-0.39, 0.29) is 25.4 Å². The van der Waals surface area contributed by atoms with Crippen molar-refractivity contribution in [1.82, 2.24) is 4.90 Å². The van der Waals surface area contributed by atoms with E-state index in [1.165, 1.54) is 12.1 Å². The van der Waals surface area contributed by atoms with E-state index in [0.717, 1.165) is 11.1 Å². The second-order valence-corrected chi connectivity index (χ2v) is 6.24. The van der Waals surface area contributed by atoms with Gasteiger partial charge in [-0.1, -0.05) is 24.3 Å². The van der Waals surface area contributed by atoms with Crippen LogP contribution in [0.15, 0.2) is 48.5 Å². The molecule has 0 bridgehead atoms. The van der Waals surface area contributed by atoms with Crippen LogP contribution in [0.3, 0.4) is 0 Å². The fourth-order valence-corrected chi connectivity index (χ4v) is 3.04. The highest BCUT2D eigenvalue weighted by molar-refractivity contribution is 5.80. The molecule has 0 radical (unpaired) electrons. The number of alkyl halides is 1. The molecule has 1 aliphatic rings. The van der Waals surface area contributed by atoms with Gasteiger partial charge in [0.25, 0.3) is 0 Å². The van der Waals surface area contributed by atoms with Crippen LogP contribution >= 0.6 is 0 Å². The Balaban J connectivity index is 1.58. The molecule has 2 aromatic rings. The Kier molecular flexibility index (Phi) is 5.28. The Morgan fingerprint density at radius 3 is 2.64 bits per heavy atom. The van der Waals surface area contributed by atoms with Crippen LogP contribution in [0.2, 0.25) is 0 Å². The third-order valence-electron chi connectivity index (χ3n) is 4.28. The fraction of sp³-hybridized carbons (Fsp3) is 0.316. The van der Waals surface area contributed by atoms with E-state index in [9.17, 15) is 13.6 Å². The number of carbonyl (C=O) groups excluding carboxylic acids is 1. The van der Waals surface area contributed by atoms with Gasteiger partial charge < -0.3 is 10.5 Å². The summed E-state index contributed by atoms with van der Waals surface area (Å²) in [6, 6.07) is 13.0. The van der Waals surface area contributed by atoms with Crippen molar-refractivity contribution < 1.29 is 18.3 Å². The number of hydrogen-bond donors (Lipinski definition) is 1. The zero-order chi connectivity index (χ0) is 17.8. The zero-order valence-electron chi connectivity index (χ0n) is 13.7. The van der Waals surface area contributed by atoms with Crippen LogP contribution in [0.4, 0.5) is 8.78 Å². The van der Waals surface area contributed by atoms with Crippen molar-refractivity contribution >= 4 is 5.91 Å². The van der Waals surface area contributed by atoms with Crippen molar-refractivity contribution in [2.24, 2.45) is 5.73 Å². The minimum atomic E-state index is -1.02. The molecule has 0 aliphatic carbocycles. The van der Waals surface area contributed by atoms with Gasteiger partial charge in [0.2, 0.25) is 5.91 Å². The van der Waals surface area contributed by atoms with Crippen molar-refractivity contribution in [2.75, 3.05) is 6.54 Å². The number of rotatable bonds is 6. The van der Waals surface area contributed by atoms with Gasteiger partial charge in [0, 0.05) is 19.5 Å². The lowest BCUT2D eigenvalue weighted by molar-refractivity contribution is -0.122. The maximum atomic E-state index is 13.5. The Bertz CT molecular complexity index is 736. The predicted molar refractivity (Wildman–Crippen MR) is 90.1 cm³/mol. The molecule has 1 saturated heterocycles. The summed E-state index contributed by atoms with van der Waals surface area (Å²) in [5, 5.41) is 0. The van der Waals surface area contributed by atoms with E-state index in [1.54, 1.807) is 29.2 Å². The highest BCUT2D eigenvalue weighted by Crippen LogP contribution is 2.23. The molecule has 132 valence electrons. The number of ether oxygens (including phenoxy) is 1. The molecule has 25 heavy (non-hydrogen) atoms. The smallest absolute Gasteiger partial charge is 0.234 e. The molecule has 0 saturated carbocycles. The molecule has 2 unspecified atom stereocenters. The molecule has 2 aromatic carbocycles. The standard InChI is InChI=1S/C19H20F2N2O2/c20-15-3-1-2-14(8-15)12-25-17-6-4-13(5-7-17)10-23-11-16(21)9-18(23)19(22)24/h1-8,16,18H,9-12H2,(H2,22,24). The molecule has 0 spiro atoms. The van der Waals surface area contributed by atoms with Crippen LogP contribution in [0.25, 0.3) is 0 Å². The maximum absolute atomic E-state index is 13.5. The first-order valence-corrected chi connectivity index (χ1v) is 8.15. The summed E-state index contributed by atoms with van der Waals surface area (Å²) in [5.41, 5.74) is 7.03. The SMILES string of the molecule is NC(=O)C1CC(F)CN1Cc1ccc(OCc2cccc(F)c2)cc1. The first-order chi connectivity index (χ1) is 12.0. The Hall–Kier alpha value is -2.47. The van der Waals surface area contributed by atoms with Crippen molar-refractivity contribution in [3.05, 3.63) is 65.5 Å².